The number of methoxy groups -OCH3 is 1. The standard InChI is InChI=1S/C22H23ClN4O4/c1-11-7-15-19(17(23)8-11)26-21(30)22(15)16(9-13(27-22)10-18(24)28)20(29)25-12-3-5-14(31-2)6-4-12/h3-8,13,16,27H,9-10H2,1-2H3,(H2,24,28)(H,25,29)(H,26,30). The lowest BCUT2D eigenvalue weighted by molar-refractivity contribution is -0.130. The molecule has 2 aliphatic heterocycles. The second-order valence-electron chi connectivity index (χ2n) is 7.95. The summed E-state index contributed by atoms with van der Waals surface area (Å²) in [5.74, 6) is -1.35. The smallest absolute Gasteiger partial charge is 0.250 e. The Morgan fingerprint density at radius 2 is 2.00 bits per heavy atom. The summed E-state index contributed by atoms with van der Waals surface area (Å²) in [6, 6.07) is 10.1. The maximum absolute atomic E-state index is 13.4. The van der Waals surface area contributed by atoms with Crippen molar-refractivity contribution in [3.8, 4) is 5.75 Å². The number of benzene rings is 2. The van der Waals surface area contributed by atoms with E-state index in [0.29, 0.717) is 27.7 Å². The lowest BCUT2D eigenvalue weighted by Crippen LogP contribution is -2.52. The Morgan fingerprint density at radius 1 is 1.29 bits per heavy atom. The van der Waals surface area contributed by atoms with Crippen LogP contribution < -0.4 is 26.4 Å². The van der Waals surface area contributed by atoms with Crippen molar-refractivity contribution >= 4 is 40.7 Å². The lowest BCUT2D eigenvalue weighted by Gasteiger charge is -2.29. The normalized spacial score (nSPS) is 24.0. The highest BCUT2D eigenvalue weighted by atomic mass is 35.5. The fourth-order valence-corrected chi connectivity index (χ4v) is 4.85. The van der Waals surface area contributed by atoms with Gasteiger partial charge in [0.2, 0.25) is 17.7 Å². The summed E-state index contributed by atoms with van der Waals surface area (Å²) < 4.78 is 5.14. The fourth-order valence-electron chi connectivity index (χ4n) is 4.53. The van der Waals surface area contributed by atoms with Crippen LogP contribution in [0.25, 0.3) is 0 Å². The number of hydrogen-bond acceptors (Lipinski definition) is 5. The number of carbonyl (C=O) groups is 3. The number of carbonyl (C=O) groups excluding carboxylic acids is 3. The first-order chi connectivity index (χ1) is 14.7. The van der Waals surface area contributed by atoms with Crippen molar-refractivity contribution in [2.75, 3.05) is 17.7 Å². The molecule has 0 bridgehead atoms. The average Bonchev–Trinajstić information content (AvgIpc) is 3.22. The molecule has 162 valence electrons. The minimum Gasteiger partial charge on any atom is -0.497 e. The zero-order valence-electron chi connectivity index (χ0n) is 17.1. The van der Waals surface area contributed by atoms with Crippen LogP contribution in [0.4, 0.5) is 11.4 Å². The Kier molecular flexibility index (Phi) is 5.36. The van der Waals surface area contributed by atoms with E-state index in [-0.39, 0.29) is 24.7 Å². The van der Waals surface area contributed by atoms with Gasteiger partial charge in [0.25, 0.3) is 0 Å². The number of halogens is 1. The van der Waals surface area contributed by atoms with Gasteiger partial charge >= 0.3 is 0 Å². The van der Waals surface area contributed by atoms with Crippen molar-refractivity contribution < 1.29 is 19.1 Å². The van der Waals surface area contributed by atoms with E-state index >= 15 is 0 Å². The molecule has 2 heterocycles. The number of fused-ring (bicyclic) bond motifs is 2. The highest BCUT2D eigenvalue weighted by Gasteiger charge is 2.60. The molecule has 8 nitrogen and oxygen atoms in total. The van der Waals surface area contributed by atoms with Crippen molar-refractivity contribution in [2.45, 2.75) is 31.3 Å². The van der Waals surface area contributed by atoms with Gasteiger partial charge < -0.3 is 21.1 Å². The number of ether oxygens (including phenoxy) is 1. The SMILES string of the molecule is COc1ccc(NC(=O)C2CC(CC(N)=O)NC23C(=O)Nc2c(Cl)cc(C)cc23)cc1. The molecule has 0 saturated carbocycles. The largest absolute Gasteiger partial charge is 0.497 e. The van der Waals surface area contributed by atoms with Crippen molar-refractivity contribution in [1.82, 2.24) is 5.32 Å². The summed E-state index contributed by atoms with van der Waals surface area (Å²) in [6.45, 7) is 1.87. The van der Waals surface area contributed by atoms with E-state index in [2.05, 4.69) is 16.0 Å². The van der Waals surface area contributed by atoms with Crippen molar-refractivity contribution in [3.63, 3.8) is 0 Å². The number of hydrogen-bond donors (Lipinski definition) is 4. The topological polar surface area (TPSA) is 123 Å². The van der Waals surface area contributed by atoms with Gasteiger partial charge in [0, 0.05) is 23.7 Å². The van der Waals surface area contributed by atoms with Gasteiger partial charge in [0.05, 0.1) is 23.7 Å². The summed E-state index contributed by atoms with van der Waals surface area (Å²) >= 11 is 6.38. The summed E-state index contributed by atoms with van der Waals surface area (Å²) in [5.41, 5.74) is 6.56. The van der Waals surface area contributed by atoms with Crippen LogP contribution >= 0.6 is 11.6 Å². The molecule has 0 radical (unpaired) electrons. The molecule has 4 rings (SSSR count). The van der Waals surface area contributed by atoms with Crippen LogP contribution in [0.5, 0.6) is 5.75 Å². The second kappa shape index (κ2) is 7.86. The van der Waals surface area contributed by atoms with Gasteiger partial charge in [0.1, 0.15) is 11.3 Å². The highest BCUT2D eigenvalue weighted by molar-refractivity contribution is 6.35. The molecular formula is C22H23ClN4O4. The lowest BCUT2D eigenvalue weighted by atomic mass is 9.79. The quantitative estimate of drug-likeness (QED) is 0.566. The Balaban J connectivity index is 1.73. The second-order valence-corrected chi connectivity index (χ2v) is 8.36. The van der Waals surface area contributed by atoms with Crippen LogP contribution in [0, 0.1) is 12.8 Å². The Hall–Kier alpha value is -3.10. The molecule has 2 aromatic carbocycles. The van der Waals surface area contributed by atoms with Crippen LogP contribution in [-0.4, -0.2) is 30.9 Å². The van der Waals surface area contributed by atoms with Gasteiger partial charge in [0.15, 0.2) is 0 Å². The molecule has 9 heteroatoms. The van der Waals surface area contributed by atoms with E-state index in [0.717, 1.165) is 5.56 Å². The molecule has 1 spiro atoms. The Labute approximate surface area is 184 Å². The predicted molar refractivity (Wildman–Crippen MR) is 117 cm³/mol. The summed E-state index contributed by atoms with van der Waals surface area (Å²) in [6.07, 6.45) is 0.277. The van der Waals surface area contributed by atoms with E-state index in [1.54, 1.807) is 37.4 Å². The predicted octanol–water partition coefficient (Wildman–Crippen LogP) is 2.30. The van der Waals surface area contributed by atoms with Crippen LogP contribution in [-0.2, 0) is 19.9 Å². The maximum atomic E-state index is 13.4. The molecule has 3 unspecified atom stereocenters. The summed E-state index contributed by atoms with van der Waals surface area (Å²) in [7, 11) is 1.56. The van der Waals surface area contributed by atoms with E-state index in [9.17, 15) is 14.4 Å². The van der Waals surface area contributed by atoms with E-state index in [1.165, 1.54) is 0 Å². The van der Waals surface area contributed by atoms with Gasteiger partial charge in [-0.25, -0.2) is 0 Å². The average molecular weight is 443 g/mol. The highest BCUT2D eigenvalue weighted by Crippen LogP contribution is 2.50. The summed E-state index contributed by atoms with van der Waals surface area (Å²) in [5, 5.41) is 9.33. The van der Waals surface area contributed by atoms with Gasteiger partial charge in [-0.05, 0) is 49.2 Å². The molecule has 31 heavy (non-hydrogen) atoms. The third-order valence-electron chi connectivity index (χ3n) is 5.85. The molecule has 1 saturated heterocycles. The first-order valence-electron chi connectivity index (χ1n) is 9.87. The Bertz CT molecular complexity index is 1070. The maximum Gasteiger partial charge on any atom is 0.250 e. The molecule has 1 fully saturated rings. The Morgan fingerprint density at radius 3 is 2.65 bits per heavy atom. The minimum absolute atomic E-state index is 0.0101. The van der Waals surface area contributed by atoms with Gasteiger partial charge in [-0.2, -0.15) is 0 Å². The van der Waals surface area contributed by atoms with E-state index < -0.39 is 23.4 Å². The summed E-state index contributed by atoms with van der Waals surface area (Å²) in [4.78, 5) is 38.2. The number of anilines is 2. The first kappa shape index (κ1) is 21.1. The monoisotopic (exact) mass is 442 g/mol. The molecule has 2 aromatic rings. The number of amides is 3. The third kappa shape index (κ3) is 3.62. The van der Waals surface area contributed by atoms with Crippen molar-refractivity contribution in [2.24, 2.45) is 11.7 Å². The van der Waals surface area contributed by atoms with Gasteiger partial charge in [-0.15, -0.1) is 0 Å². The number of primary amides is 1. The van der Waals surface area contributed by atoms with E-state index in [4.69, 9.17) is 22.1 Å². The number of rotatable bonds is 5. The molecule has 0 aromatic heterocycles. The van der Waals surface area contributed by atoms with Crippen LogP contribution in [0.15, 0.2) is 36.4 Å². The third-order valence-corrected chi connectivity index (χ3v) is 6.15. The fraction of sp³-hybridized carbons (Fsp3) is 0.318. The van der Waals surface area contributed by atoms with Crippen LogP contribution in [0.3, 0.4) is 0 Å². The molecule has 5 N–H and O–H groups in total. The molecular weight excluding hydrogens is 420 g/mol. The van der Waals surface area contributed by atoms with Crippen LogP contribution in [0.2, 0.25) is 5.02 Å². The van der Waals surface area contributed by atoms with Crippen molar-refractivity contribution in [1.29, 1.82) is 0 Å². The van der Waals surface area contributed by atoms with Gasteiger partial charge in [-0.1, -0.05) is 17.7 Å². The number of nitrogens with one attached hydrogen (secondary N) is 3. The van der Waals surface area contributed by atoms with Crippen molar-refractivity contribution in [3.05, 3.63) is 52.5 Å². The van der Waals surface area contributed by atoms with Crippen LogP contribution in [0.1, 0.15) is 24.0 Å². The zero-order chi connectivity index (χ0) is 22.3. The zero-order valence-corrected chi connectivity index (χ0v) is 17.9. The van der Waals surface area contributed by atoms with Gasteiger partial charge in [-0.3, -0.25) is 19.7 Å². The molecule has 3 atom stereocenters. The first-order valence-corrected chi connectivity index (χ1v) is 10.3. The minimum atomic E-state index is -1.35. The molecule has 2 aliphatic rings. The molecule has 3 amide bonds. The van der Waals surface area contributed by atoms with E-state index in [1.807, 2.05) is 13.0 Å². The number of nitrogens with two attached hydrogens (primary N) is 1. The number of aryl methyl sites for hydroxylation is 1. The molecule has 0 aliphatic carbocycles.